The van der Waals surface area contributed by atoms with Gasteiger partial charge in [-0.2, -0.15) is 16.1 Å². The topological polar surface area (TPSA) is 51.2 Å². The van der Waals surface area contributed by atoms with Gasteiger partial charge in [0.1, 0.15) is 10.6 Å². The van der Waals surface area contributed by atoms with Crippen molar-refractivity contribution in [2.75, 3.05) is 18.2 Å². The predicted octanol–water partition coefficient (Wildman–Crippen LogP) is 3.71. The predicted molar refractivity (Wildman–Crippen MR) is 86.0 cm³/mol. The number of carbonyl (C=O) groups is 1. The fraction of sp³-hybridized carbons (Fsp3) is 0.714. The summed E-state index contributed by atoms with van der Waals surface area (Å²) in [6.45, 7) is 4.08. The van der Waals surface area contributed by atoms with Crippen LogP contribution in [0.25, 0.3) is 0 Å². The molecule has 1 aromatic heterocycles. The van der Waals surface area contributed by atoms with Crippen LogP contribution in [0.4, 0.5) is 5.00 Å². The molecule has 1 aliphatic rings. The van der Waals surface area contributed by atoms with Gasteiger partial charge in [-0.15, -0.1) is 0 Å². The minimum atomic E-state index is -0.265. The van der Waals surface area contributed by atoms with Crippen molar-refractivity contribution in [1.82, 2.24) is 4.37 Å². The minimum Gasteiger partial charge on any atom is -0.462 e. The maximum Gasteiger partial charge on any atom is 0.343 e. The van der Waals surface area contributed by atoms with Crippen LogP contribution in [0.5, 0.6) is 0 Å². The van der Waals surface area contributed by atoms with Crippen LogP contribution in [0.3, 0.4) is 0 Å². The van der Waals surface area contributed by atoms with E-state index in [2.05, 4.69) is 15.9 Å². The van der Waals surface area contributed by atoms with Crippen molar-refractivity contribution in [2.24, 2.45) is 0 Å². The Morgan fingerprint density at radius 2 is 2.35 bits per heavy atom. The van der Waals surface area contributed by atoms with E-state index in [0.29, 0.717) is 18.2 Å². The molecule has 0 bridgehead atoms. The molecule has 0 radical (unpaired) electrons. The normalized spacial score (nSPS) is 22.6. The van der Waals surface area contributed by atoms with E-state index in [1.165, 1.54) is 24.4 Å². The molecule has 0 aromatic carbocycles. The average Bonchev–Trinajstić information content (AvgIpc) is 2.80. The summed E-state index contributed by atoms with van der Waals surface area (Å²) in [6, 6.07) is 0.439. The Labute approximate surface area is 128 Å². The van der Waals surface area contributed by atoms with Crippen LogP contribution in [0.15, 0.2) is 0 Å². The largest absolute Gasteiger partial charge is 0.462 e. The third-order valence-electron chi connectivity index (χ3n) is 3.64. The van der Waals surface area contributed by atoms with Crippen LogP contribution in [-0.2, 0) is 4.74 Å². The summed E-state index contributed by atoms with van der Waals surface area (Å²) in [7, 11) is 0. The third kappa shape index (κ3) is 3.67. The number of thioether (sulfide) groups is 1. The first kappa shape index (κ1) is 15.6. The fourth-order valence-corrected chi connectivity index (χ4v) is 4.28. The van der Waals surface area contributed by atoms with Crippen LogP contribution in [0.2, 0.25) is 0 Å². The lowest BCUT2D eigenvalue weighted by Gasteiger charge is -2.29. The molecule has 1 fully saturated rings. The summed E-state index contributed by atoms with van der Waals surface area (Å²) >= 11 is 3.30. The maximum atomic E-state index is 12.0. The first-order chi connectivity index (χ1) is 9.65. The van der Waals surface area contributed by atoms with Gasteiger partial charge < -0.3 is 10.1 Å². The molecule has 1 saturated carbocycles. The van der Waals surface area contributed by atoms with E-state index in [9.17, 15) is 4.79 Å². The first-order valence-electron chi connectivity index (χ1n) is 7.08. The number of hydrogen-bond donors (Lipinski definition) is 1. The zero-order valence-corrected chi connectivity index (χ0v) is 13.9. The Bertz CT molecular complexity index is 462. The van der Waals surface area contributed by atoms with E-state index in [0.717, 1.165) is 28.8 Å². The lowest BCUT2D eigenvalue weighted by Crippen LogP contribution is -2.28. The smallest absolute Gasteiger partial charge is 0.343 e. The number of aromatic nitrogens is 1. The Hall–Kier alpha value is -0.750. The minimum absolute atomic E-state index is 0.265. The number of hydrogen-bond acceptors (Lipinski definition) is 6. The molecular formula is C14H22N2O2S2. The van der Waals surface area contributed by atoms with Crippen molar-refractivity contribution < 1.29 is 9.53 Å². The van der Waals surface area contributed by atoms with Crippen molar-refractivity contribution in [3.63, 3.8) is 0 Å². The fourth-order valence-electron chi connectivity index (χ4n) is 2.59. The summed E-state index contributed by atoms with van der Waals surface area (Å²) in [6.07, 6.45) is 7.03. The van der Waals surface area contributed by atoms with Crippen molar-refractivity contribution >= 4 is 34.3 Å². The van der Waals surface area contributed by atoms with E-state index in [-0.39, 0.29) is 5.97 Å². The van der Waals surface area contributed by atoms with Crippen molar-refractivity contribution in [3.8, 4) is 0 Å². The molecule has 112 valence electrons. The molecule has 1 aromatic rings. The third-order valence-corrected chi connectivity index (χ3v) is 5.60. The van der Waals surface area contributed by atoms with E-state index in [4.69, 9.17) is 4.74 Å². The molecular weight excluding hydrogens is 292 g/mol. The van der Waals surface area contributed by atoms with Gasteiger partial charge >= 0.3 is 5.97 Å². The number of nitrogens with one attached hydrogen (secondary N) is 1. The molecule has 0 spiro atoms. The number of aryl methyl sites for hydroxylation is 1. The summed E-state index contributed by atoms with van der Waals surface area (Å²) < 4.78 is 9.42. The molecule has 0 saturated heterocycles. The first-order valence-corrected chi connectivity index (χ1v) is 9.14. The second-order valence-corrected chi connectivity index (χ2v) is 6.97. The molecule has 0 amide bonds. The Morgan fingerprint density at radius 1 is 1.55 bits per heavy atom. The number of anilines is 1. The van der Waals surface area contributed by atoms with Crippen molar-refractivity contribution in [3.05, 3.63) is 11.3 Å². The van der Waals surface area contributed by atoms with Crippen LogP contribution in [0, 0.1) is 6.92 Å². The molecule has 2 atom stereocenters. The highest BCUT2D eigenvalue weighted by atomic mass is 32.2. The second-order valence-electron chi connectivity index (χ2n) is 5.06. The van der Waals surface area contributed by atoms with E-state index < -0.39 is 0 Å². The SMILES string of the molecule is CCOC(=O)c1c(C)nsc1NC1CCCC(SC)C1. The number of carbonyl (C=O) groups excluding carboxylic acids is 1. The number of ether oxygens (including phenoxy) is 1. The highest BCUT2D eigenvalue weighted by Crippen LogP contribution is 2.32. The summed E-state index contributed by atoms with van der Waals surface area (Å²) in [5.74, 6) is -0.265. The molecule has 1 N–H and O–H groups in total. The molecule has 2 rings (SSSR count). The molecule has 0 aliphatic heterocycles. The Kier molecular flexibility index (Phi) is 5.72. The number of nitrogens with zero attached hydrogens (tertiary/aromatic N) is 1. The van der Waals surface area contributed by atoms with Gasteiger partial charge in [-0.05, 0) is 50.9 Å². The number of rotatable bonds is 5. The summed E-state index contributed by atoms with van der Waals surface area (Å²) in [5.41, 5.74) is 1.37. The molecule has 1 aliphatic carbocycles. The summed E-state index contributed by atoms with van der Waals surface area (Å²) in [5, 5.41) is 5.11. The Morgan fingerprint density at radius 3 is 3.05 bits per heavy atom. The highest BCUT2D eigenvalue weighted by Gasteiger charge is 2.25. The van der Waals surface area contributed by atoms with Gasteiger partial charge in [0.25, 0.3) is 0 Å². The van der Waals surface area contributed by atoms with Gasteiger partial charge in [-0.3, -0.25) is 0 Å². The molecule has 6 heteroatoms. The van der Waals surface area contributed by atoms with E-state index in [1.54, 1.807) is 0 Å². The molecule has 4 nitrogen and oxygen atoms in total. The summed E-state index contributed by atoms with van der Waals surface area (Å²) in [4.78, 5) is 12.0. The monoisotopic (exact) mass is 314 g/mol. The zero-order chi connectivity index (χ0) is 14.5. The van der Waals surface area contributed by atoms with Gasteiger partial charge in [-0.1, -0.05) is 6.42 Å². The maximum absolute atomic E-state index is 12.0. The zero-order valence-electron chi connectivity index (χ0n) is 12.3. The second kappa shape index (κ2) is 7.31. The standard InChI is InChI=1S/C14H22N2O2S2/c1-4-18-14(17)12-9(2)16-20-13(12)15-10-6-5-7-11(8-10)19-3/h10-11,15H,4-8H2,1-3H3. The van der Waals surface area contributed by atoms with Crippen LogP contribution in [0.1, 0.15) is 48.7 Å². The lowest BCUT2D eigenvalue weighted by atomic mass is 9.95. The number of esters is 1. The van der Waals surface area contributed by atoms with Crippen LogP contribution in [-0.4, -0.2) is 34.5 Å². The average molecular weight is 314 g/mol. The molecule has 20 heavy (non-hydrogen) atoms. The van der Waals surface area contributed by atoms with E-state index in [1.807, 2.05) is 25.6 Å². The van der Waals surface area contributed by atoms with E-state index >= 15 is 0 Å². The highest BCUT2D eigenvalue weighted by molar-refractivity contribution is 7.99. The van der Waals surface area contributed by atoms with Gasteiger partial charge in [0.05, 0.1) is 12.3 Å². The van der Waals surface area contributed by atoms with Crippen molar-refractivity contribution in [2.45, 2.75) is 50.8 Å². The quantitative estimate of drug-likeness (QED) is 0.840. The van der Waals surface area contributed by atoms with Gasteiger partial charge in [0, 0.05) is 11.3 Å². The van der Waals surface area contributed by atoms with Gasteiger partial charge in [-0.25, -0.2) is 4.79 Å². The molecule has 2 unspecified atom stereocenters. The van der Waals surface area contributed by atoms with Crippen molar-refractivity contribution in [1.29, 1.82) is 0 Å². The lowest BCUT2D eigenvalue weighted by molar-refractivity contribution is 0.0527. The van der Waals surface area contributed by atoms with Gasteiger partial charge in [0.15, 0.2) is 0 Å². The molecule has 1 heterocycles. The Balaban J connectivity index is 2.07. The van der Waals surface area contributed by atoms with Crippen LogP contribution < -0.4 is 5.32 Å². The van der Waals surface area contributed by atoms with Gasteiger partial charge in [0.2, 0.25) is 0 Å². The van der Waals surface area contributed by atoms with Crippen LogP contribution >= 0.6 is 23.3 Å².